The van der Waals surface area contributed by atoms with Crippen LogP contribution < -0.4 is 20.3 Å². The molecular weight excluding hydrogens is 373 g/mol. The van der Waals surface area contributed by atoms with Crippen LogP contribution in [0.4, 0.5) is 10.1 Å². The number of hydrogen-bond donors (Lipinski definition) is 2. The zero-order valence-corrected chi connectivity index (χ0v) is 15.1. The molecule has 0 radical (unpaired) electrons. The number of nitrogens with one attached hydrogen (secondary N) is 2. The molecule has 0 spiro atoms. The first-order chi connectivity index (χ1) is 13.3. The van der Waals surface area contributed by atoms with Crippen molar-refractivity contribution in [1.29, 1.82) is 0 Å². The van der Waals surface area contributed by atoms with E-state index in [2.05, 4.69) is 10.9 Å². The van der Waals surface area contributed by atoms with Gasteiger partial charge in [0.15, 0.2) is 6.10 Å². The smallest absolute Gasteiger partial charge is 0.305 e. The van der Waals surface area contributed by atoms with E-state index in [1.54, 1.807) is 24.3 Å². The summed E-state index contributed by atoms with van der Waals surface area (Å²) in [7, 11) is 0. The van der Waals surface area contributed by atoms with Crippen molar-refractivity contribution in [2.24, 2.45) is 0 Å². The Kier molecular flexibility index (Phi) is 6.85. The highest BCUT2D eigenvalue weighted by atomic mass is 19.1. The Balaban J connectivity index is 1.91. The highest BCUT2D eigenvalue weighted by Gasteiger charge is 2.19. The number of nitro benzene ring substituents is 1. The molecule has 0 bridgehead atoms. The minimum atomic E-state index is -1.07. The summed E-state index contributed by atoms with van der Waals surface area (Å²) < 4.78 is 24.1. The molecule has 2 N–H and O–H groups in total. The molecule has 0 fully saturated rings. The van der Waals surface area contributed by atoms with Crippen LogP contribution in [-0.2, 0) is 4.79 Å². The molecule has 0 unspecified atom stereocenters. The molecule has 148 valence electrons. The molecule has 0 aliphatic heterocycles. The Morgan fingerprint density at radius 2 is 1.79 bits per heavy atom. The van der Waals surface area contributed by atoms with Gasteiger partial charge in [-0.15, -0.1) is 0 Å². The second kappa shape index (κ2) is 9.31. The fourth-order valence-electron chi connectivity index (χ4n) is 2.12. The van der Waals surface area contributed by atoms with Crippen molar-refractivity contribution in [3.05, 3.63) is 64.0 Å². The summed E-state index contributed by atoms with van der Waals surface area (Å²) in [5.74, 6) is -1.48. The minimum absolute atomic E-state index is 0.187. The van der Waals surface area contributed by atoms with Crippen LogP contribution in [0.25, 0.3) is 0 Å². The lowest BCUT2D eigenvalue weighted by Crippen LogP contribution is -2.47. The summed E-state index contributed by atoms with van der Waals surface area (Å²) in [4.78, 5) is 33.8. The van der Waals surface area contributed by atoms with Gasteiger partial charge in [-0.1, -0.05) is 0 Å². The topological polar surface area (TPSA) is 120 Å². The lowest BCUT2D eigenvalue weighted by atomic mass is 10.2. The fraction of sp³-hybridized carbons (Fsp3) is 0.222. The van der Waals surface area contributed by atoms with Gasteiger partial charge in [0.25, 0.3) is 11.8 Å². The van der Waals surface area contributed by atoms with Gasteiger partial charge in [0.1, 0.15) is 11.5 Å². The number of ether oxygens (including phenoxy) is 2. The number of nitro groups is 1. The molecule has 0 aliphatic carbocycles. The summed E-state index contributed by atoms with van der Waals surface area (Å²) in [6.45, 7) is 3.85. The Morgan fingerprint density at radius 1 is 1.14 bits per heavy atom. The molecule has 2 aromatic carbocycles. The Hall–Kier alpha value is -3.69. The van der Waals surface area contributed by atoms with Crippen LogP contribution in [0.3, 0.4) is 0 Å². The average Bonchev–Trinajstić information content (AvgIpc) is 2.67. The van der Waals surface area contributed by atoms with E-state index in [9.17, 15) is 24.1 Å². The number of benzene rings is 2. The average molecular weight is 391 g/mol. The van der Waals surface area contributed by atoms with E-state index in [0.29, 0.717) is 18.1 Å². The van der Waals surface area contributed by atoms with Gasteiger partial charge in [0, 0.05) is 11.6 Å². The van der Waals surface area contributed by atoms with Gasteiger partial charge in [0.2, 0.25) is 5.82 Å². The predicted octanol–water partition coefficient (Wildman–Crippen LogP) is 2.36. The monoisotopic (exact) mass is 391 g/mol. The highest BCUT2D eigenvalue weighted by molar-refractivity contribution is 5.96. The molecule has 2 rings (SSSR count). The van der Waals surface area contributed by atoms with Gasteiger partial charge in [0.05, 0.1) is 11.5 Å². The quantitative estimate of drug-likeness (QED) is 0.552. The van der Waals surface area contributed by atoms with Gasteiger partial charge < -0.3 is 9.47 Å². The maximum absolute atomic E-state index is 13.3. The Bertz CT molecular complexity index is 872. The van der Waals surface area contributed by atoms with Gasteiger partial charge in [-0.3, -0.25) is 30.6 Å². The number of hydrogen-bond acceptors (Lipinski definition) is 6. The van der Waals surface area contributed by atoms with E-state index in [0.717, 1.165) is 18.2 Å². The van der Waals surface area contributed by atoms with Gasteiger partial charge >= 0.3 is 5.69 Å². The van der Waals surface area contributed by atoms with Crippen molar-refractivity contribution in [2.75, 3.05) is 6.61 Å². The third-order valence-corrected chi connectivity index (χ3v) is 3.52. The summed E-state index contributed by atoms with van der Waals surface area (Å²) in [6.07, 6.45) is -0.944. The zero-order valence-electron chi connectivity index (χ0n) is 15.1. The number of hydrazine groups is 1. The molecule has 10 heteroatoms. The molecule has 28 heavy (non-hydrogen) atoms. The minimum Gasteiger partial charge on any atom is -0.494 e. The molecule has 0 aromatic heterocycles. The van der Waals surface area contributed by atoms with Crippen molar-refractivity contribution in [2.45, 2.75) is 20.0 Å². The van der Waals surface area contributed by atoms with Crippen LogP contribution in [0.2, 0.25) is 0 Å². The molecule has 2 amide bonds. The van der Waals surface area contributed by atoms with Crippen LogP contribution >= 0.6 is 0 Å². The summed E-state index contributed by atoms with van der Waals surface area (Å²) in [5.41, 5.74) is 3.21. The van der Waals surface area contributed by atoms with Crippen LogP contribution in [0, 0.1) is 15.9 Å². The van der Waals surface area contributed by atoms with E-state index in [4.69, 9.17) is 9.47 Å². The summed E-state index contributed by atoms with van der Waals surface area (Å²) >= 11 is 0. The van der Waals surface area contributed by atoms with E-state index in [-0.39, 0.29) is 5.56 Å². The van der Waals surface area contributed by atoms with Crippen LogP contribution in [0.5, 0.6) is 11.5 Å². The number of halogens is 1. The molecule has 0 saturated carbocycles. The standard InChI is InChI=1S/C18H18FN3O6/c1-3-27-13-5-7-14(8-6-13)28-11(2)17(23)20-21-18(24)12-4-9-15(19)16(10-12)22(25)26/h4-11H,3H2,1-2H3,(H,20,23)(H,21,24)/t11-/m0/s1. The lowest BCUT2D eigenvalue weighted by molar-refractivity contribution is -0.387. The maximum Gasteiger partial charge on any atom is 0.305 e. The van der Waals surface area contributed by atoms with E-state index >= 15 is 0 Å². The molecule has 1 atom stereocenters. The van der Waals surface area contributed by atoms with E-state index in [1.807, 2.05) is 6.92 Å². The third kappa shape index (κ3) is 5.40. The highest BCUT2D eigenvalue weighted by Crippen LogP contribution is 2.19. The van der Waals surface area contributed by atoms with E-state index < -0.39 is 34.3 Å². The normalized spacial score (nSPS) is 11.2. The number of amides is 2. The number of nitrogens with zero attached hydrogens (tertiary/aromatic N) is 1. The first-order valence-corrected chi connectivity index (χ1v) is 8.25. The van der Waals surface area contributed by atoms with Crippen molar-refractivity contribution >= 4 is 17.5 Å². The number of carbonyl (C=O) groups excluding carboxylic acids is 2. The second-order valence-corrected chi connectivity index (χ2v) is 5.53. The fourth-order valence-corrected chi connectivity index (χ4v) is 2.12. The van der Waals surface area contributed by atoms with Crippen molar-refractivity contribution < 1.29 is 28.4 Å². The maximum atomic E-state index is 13.3. The largest absolute Gasteiger partial charge is 0.494 e. The first kappa shape index (κ1) is 20.6. The van der Waals surface area contributed by atoms with Crippen LogP contribution in [0.1, 0.15) is 24.2 Å². The van der Waals surface area contributed by atoms with Crippen LogP contribution in [-0.4, -0.2) is 29.4 Å². The van der Waals surface area contributed by atoms with Gasteiger partial charge in [-0.05, 0) is 50.2 Å². The molecular formula is C18H18FN3O6. The molecule has 0 aliphatic rings. The van der Waals surface area contributed by atoms with E-state index in [1.165, 1.54) is 6.92 Å². The first-order valence-electron chi connectivity index (χ1n) is 8.25. The van der Waals surface area contributed by atoms with Crippen molar-refractivity contribution in [1.82, 2.24) is 10.9 Å². The Morgan fingerprint density at radius 3 is 2.39 bits per heavy atom. The molecule has 0 saturated heterocycles. The molecule has 9 nitrogen and oxygen atoms in total. The third-order valence-electron chi connectivity index (χ3n) is 3.52. The number of carbonyl (C=O) groups is 2. The summed E-state index contributed by atoms with van der Waals surface area (Å²) in [5, 5.41) is 10.7. The predicted molar refractivity (Wildman–Crippen MR) is 96.4 cm³/mol. The van der Waals surface area contributed by atoms with Crippen molar-refractivity contribution in [3.63, 3.8) is 0 Å². The van der Waals surface area contributed by atoms with Gasteiger partial charge in [-0.25, -0.2) is 0 Å². The SMILES string of the molecule is CCOc1ccc(O[C@@H](C)C(=O)NNC(=O)c2ccc(F)c([N+](=O)[O-])c2)cc1. The lowest BCUT2D eigenvalue weighted by Gasteiger charge is -2.15. The molecule has 2 aromatic rings. The second-order valence-electron chi connectivity index (χ2n) is 5.53. The molecule has 0 heterocycles. The Labute approximate surface area is 159 Å². The zero-order chi connectivity index (χ0) is 20.7. The van der Waals surface area contributed by atoms with Crippen molar-refractivity contribution in [3.8, 4) is 11.5 Å². The van der Waals surface area contributed by atoms with Crippen LogP contribution in [0.15, 0.2) is 42.5 Å². The van der Waals surface area contributed by atoms with Gasteiger partial charge in [-0.2, -0.15) is 4.39 Å². The summed E-state index contributed by atoms with van der Waals surface area (Å²) in [6, 6.07) is 9.27. The number of rotatable bonds is 7.